The van der Waals surface area contributed by atoms with E-state index in [-0.39, 0.29) is 5.78 Å². The largest absolute Gasteiger partial charge is 0.494 e. The monoisotopic (exact) mass is 274 g/mol. The van der Waals surface area contributed by atoms with Crippen LogP contribution in [0.15, 0.2) is 18.2 Å². The molecule has 0 amide bonds. The van der Waals surface area contributed by atoms with Gasteiger partial charge in [0, 0.05) is 17.0 Å². The van der Waals surface area contributed by atoms with Crippen LogP contribution < -0.4 is 4.74 Å². The number of Topliss-reactive ketones (excluding diaryl/α,β-unsaturated/α-hetero) is 1. The molecule has 1 aromatic carbocycles. The maximum absolute atomic E-state index is 12.6. The molecule has 1 aromatic heterocycles. The van der Waals surface area contributed by atoms with Gasteiger partial charge in [0.05, 0.1) is 12.7 Å². The Bertz CT molecular complexity index is 614. The Morgan fingerprint density at radius 3 is 2.50 bits per heavy atom. The van der Waals surface area contributed by atoms with Crippen molar-refractivity contribution < 1.29 is 22.7 Å². The number of ketones is 1. The molecule has 0 saturated heterocycles. The molecule has 2 rings (SSSR count). The summed E-state index contributed by atoms with van der Waals surface area (Å²) in [7, 11) is 1.39. The second kappa shape index (κ2) is 4.28. The normalized spacial score (nSPS) is 11.8. The Labute approximate surface area is 105 Å². The van der Waals surface area contributed by atoms with Gasteiger partial charge in [-0.25, -0.2) is 0 Å². The fraction of sp³-hybridized carbons (Fsp3) is 0.250. The van der Waals surface area contributed by atoms with E-state index in [2.05, 4.69) is 0 Å². The summed E-state index contributed by atoms with van der Waals surface area (Å²) in [5, 5.41) is 0.528. The minimum Gasteiger partial charge on any atom is -0.494 e. The fourth-order valence-electron chi connectivity index (χ4n) is 1.68. The molecule has 0 fully saturated rings. The fourth-order valence-corrected chi connectivity index (χ4v) is 2.79. The van der Waals surface area contributed by atoms with Gasteiger partial charge in [0.25, 0.3) is 0 Å². The molecule has 0 atom stereocenters. The van der Waals surface area contributed by atoms with Crippen molar-refractivity contribution in [3.8, 4) is 5.75 Å². The Hall–Kier alpha value is -1.56. The van der Waals surface area contributed by atoms with E-state index in [9.17, 15) is 18.0 Å². The van der Waals surface area contributed by atoms with E-state index in [1.165, 1.54) is 20.1 Å². The van der Waals surface area contributed by atoms with Crippen molar-refractivity contribution in [2.45, 2.75) is 13.1 Å². The number of carbonyl (C=O) groups excluding carboxylic acids is 1. The molecule has 2 nitrogen and oxygen atoms in total. The molecule has 0 saturated carbocycles. The SMILES string of the molecule is COc1c(C(C)=O)sc2cc(C(F)(F)F)ccc12. The Morgan fingerprint density at radius 1 is 1.33 bits per heavy atom. The van der Waals surface area contributed by atoms with Crippen LogP contribution in [0.2, 0.25) is 0 Å². The third-order valence-electron chi connectivity index (χ3n) is 2.50. The number of hydrogen-bond donors (Lipinski definition) is 0. The van der Waals surface area contributed by atoms with Crippen molar-refractivity contribution in [2.75, 3.05) is 7.11 Å². The van der Waals surface area contributed by atoms with Crippen molar-refractivity contribution >= 4 is 27.2 Å². The van der Waals surface area contributed by atoms with Crippen LogP contribution in [0, 0.1) is 0 Å². The Balaban J connectivity index is 2.69. The van der Waals surface area contributed by atoms with Gasteiger partial charge in [-0.05, 0) is 18.2 Å². The number of ether oxygens (including phenoxy) is 1. The van der Waals surface area contributed by atoms with Gasteiger partial charge in [0.1, 0.15) is 10.6 Å². The van der Waals surface area contributed by atoms with Gasteiger partial charge in [0.15, 0.2) is 5.78 Å². The van der Waals surface area contributed by atoms with Crippen molar-refractivity contribution in [3.63, 3.8) is 0 Å². The summed E-state index contributed by atoms with van der Waals surface area (Å²) in [6.07, 6.45) is -4.39. The van der Waals surface area contributed by atoms with Crippen LogP contribution >= 0.6 is 11.3 Å². The number of fused-ring (bicyclic) bond motifs is 1. The number of alkyl halides is 3. The number of hydrogen-bond acceptors (Lipinski definition) is 3. The molecule has 0 spiro atoms. The zero-order valence-corrected chi connectivity index (χ0v) is 10.4. The van der Waals surface area contributed by atoms with Gasteiger partial charge in [-0.1, -0.05) is 0 Å². The maximum Gasteiger partial charge on any atom is 0.416 e. The topological polar surface area (TPSA) is 26.3 Å². The van der Waals surface area contributed by atoms with Gasteiger partial charge in [-0.15, -0.1) is 11.3 Å². The lowest BCUT2D eigenvalue weighted by Crippen LogP contribution is -2.03. The van der Waals surface area contributed by atoms with Crippen molar-refractivity contribution in [3.05, 3.63) is 28.6 Å². The van der Waals surface area contributed by atoms with Crippen LogP contribution in [0.5, 0.6) is 5.75 Å². The van der Waals surface area contributed by atoms with Gasteiger partial charge in [-0.2, -0.15) is 13.2 Å². The maximum atomic E-state index is 12.6. The van der Waals surface area contributed by atoms with Gasteiger partial charge in [0.2, 0.25) is 0 Å². The lowest BCUT2D eigenvalue weighted by Gasteiger charge is -2.06. The lowest BCUT2D eigenvalue weighted by molar-refractivity contribution is -0.137. The molecule has 6 heteroatoms. The third-order valence-corrected chi connectivity index (χ3v) is 3.73. The Morgan fingerprint density at radius 2 is 2.00 bits per heavy atom. The minimum absolute atomic E-state index is 0.221. The highest BCUT2D eigenvalue weighted by molar-refractivity contribution is 7.21. The predicted molar refractivity (Wildman–Crippen MR) is 63.4 cm³/mol. The molecule has 2 aromatic rings. The lowest BCUT2D eigenvalue weighted by atomic mass is 10.1. The van der Waals surface area contributed by atoms with Crippen molar-refractivity contribution in [1.82, 2.24) is 0 Å². The van der Waals surface area contributed by atoms with E-state index in [1.54, 1.807) is 0 Å². The molecule has 0 aliphatic heterocycles. The van der Waals surface area contributed by atoms with Gasteiger partial charge in [-0.3, -0.25) is 4.79 Å². The van der Waals surface area contributed by atoms with Crippen LogP contribution in [-0.4, -0.2) is 12.9 Å². The molecule has 0 aliphatic rings. The van der Waals surface area contributed by atoms with Crippen LogP contribution in [0.3, 0.4) is 0 Å². The van der Waals surface area contributed by atoms with E-state index in [0.717, 1.165) is 23.5 Å². The van der Waals surface area contributed by atoms with Crippen molar-refractivity contribution in [2.24, 2.45) is 0 Å². The summed E-state index contributed by atoms with van der Waals surface area (Å²) in [5.74, 6) is 0.123. The number of halogens is 3. The molecule has 0 unspecified atom stereocenters. The molecule has 0 aliphatic carbocycles. The van der Waals surface area contributed by atoms with E-state index in [1.807, 2.05) is 0 Å². The number of carbonyl (C=O) groups is 1. The molecule has 0 bridgehead atoms. The first-order chi connectivity index (χ1) is 8.34. The van der Waals surface area contributed by atoms with Crippen molar-refractivity contribution in [1.29, 1.82) is 0 Å². The highest BCUT2D eigenvalue weighted by Crippen LogP contribution is 2.40. The standard InChI is InChI=1S/C12H9F3O2S/c1-6(16)11-10(17-2)8-4-3-7(12(13,14)15)5-9(8)18-11/h3-5H,1-2H3. The van der Waals surface area contributed by atoms with E-state index in [4.69, 9.17) is 4.74 Å². The van der Waals surface area contributed by atoms with Crippen LogP contribution in [0.25, 0.3) is 10.1 Å². The van der Waals surface area contributed by atoms with Gasteiger partial charge < -0.3 is 4.74 Å². The summed E-state index contributed by atoms with van der Waals surface area (Å²) < 4.78 is 43.2. The number of methoxy groups -OCH3 is 1. The number of benzene rings is 1. The zero-order valence-electron chi connectivity index (χ0n) is 9.59. The molecule has 1 heterocycles. The average molecular weight is 274 g/mol. The highest BCUT2D eigenvalue weighted by Gasteiger charge is 2.31. The van der Waals surface area contributed by atoms with Crippen LogP contribution in [0.1, 0.15) is 22.2 Å². The van der Waals surface area contributed by atoms with E-state index < -0.39 is 11.7 Å². The molecular weight excluding hydrogens is 265 g/mol. The third kappa shape index (κ3) is 2.08. The van der Waals surface area contributed by atoms with Gasteiger partial charge >= 0.3 is 6.18 Å². The van der Waals surface area contributed by atoms with Crippen LogP contribution in [-0.2, 0) is 6.18 Å². The molecule has 96 valence electrons. The van der Waals surface area contributed by atoms with E-state index in [0.29, 0.717) is 20.7 Å². The summed E-state index contributed by atoms with van der Waals surface area (Å²) in [5.41, 5.74) is -0.728. The highest BCUT2D eigenvalue weighted by atomic mass is 32.1. The van der Waals surface area contributed by atoms with E-state index >= 15 is 0 Å². The number of thiophene rings is 1. The summed E-state index contributed by atoms with van der Waals surface area (Å²) in [6.45, 7) is 1.36. The summed E-state index contributed by atoms with van der Waals surface area (Å²) in [6, 6.07) is 3.36. The minimum atomic E-state index is -4.39. The van der Waals surface area contributed by atoms with Crippen LogP contribution in [0.4, 0.5) is 13.2 Å². The second-order valence-electron chi connectivity index (χ2n) is 3.73. The molecule has 0 N–H and O–H groups in total. The molecule has 18 heavy (non-hydrogen) atoms. The average Bonchev–Trinajstić information content (AvgIpc) is 2.65. The first kappa shape index (κ1) is 12.9. The quantitative estimate of drug-likeness (QED) is 0.770. The Kier molecular flexibility index (Phi) is 3.06. The molecular formula is C12H9F3O2S. The smallest absolute Gasteiger partial charge is 0.416 e. The first-order valence-electron chi connectivity index (χ1n) is 5.03. The summed E-state index contributed by atoms with van der Waals surface area (Å²) >= 11 is 1.01. The molecule has 0 radical (unpaired) electrons. The second-order valence-corrected chi connectivity index (χ2v) is 4.78. The first-order valence-corrected chi connectivity index (χ1v) is 5.85. The zero-order chi connectivity index (χ0) is 13.5. The number of rotatable bonds is 2. The summed E-state index contributed by atoms with van der Waals surface area (Å²) in [4.78, 5) is 11.7. The predicted octanol–water partition coefficient (Wildman–Crippen LogP) is 4.13.